The number of nitrogens with zero attached hydrogens (tertiary/aromatic N) is 1. The molecule has 0 N–H and O–H groups in total. The quantitative estimate of drug-likeness (QED) is 0.657. The van der Waals surface area contributed by atoms with E-state index in [4.69, 9.17) is 18.9 Å². The molecule has 6 heteroatoms. The van der Waals surface area contributed by atoms with Crippen LogP contribution in [-0.2, 0) is 9.47 Å². The van der Waals surface area contributed by atoms with Crippen LogP contribution >= 0.6 is 0 Å². The highest BCUT2D eigenvalue weighted by Gasteiger charge is 2.45. The summed E-state index contributed by atoms with van der Waals surface area (Å²) in [4.78, 5) is 15.1. The van der Waals surface area contributed by atoms with E-state index in [0.717, 1.165) is 25.7 Å². The zero-order valence-electron chi connectivity index (χ0n) is 19.2. The number of ether oxygens (including phenoxy) is 4. The van der Waals surface area contributed by atoms with Crippen LogP contribution in [0.25, 0.3) is 0 Å². The van der Waals surface area contributed by atoms with Crippen molar-refractivity contribution >= 4 is 5.91 Å². The molecule has 2 aliphatic rings. The molecule has 2 aromatic carbocycles. The molecular weight excluding hydrogens is 406 g/mol. The normalized spacial score (nSPS) is 22.5. The molecule has 0 aromatic heterocycles. The van der Waals surface area contributed by atoms with Crippen molar-refractivity contribution in [3.05, 3.63) is 59.7 Å². The van der Waals surface area contributed by atoms with Crippen LogP contribution < -0.4 is 9.47 Å². The van der Waals surface area contributed by atoms with Gasteiger partial charge in [0.15, 0.2) is 0 Å². The number of benzene rings is 2. The van der Waals surface area contributed by atoms with Crippen LogP contribution in [0.15, 0.2) is 48.5 Å². The number of methoxy groups -OCH3 is 2. The van der Waals surface area contributed by atoms with Crippen molar-refractivity contribution in [2.24, 2.45) is 0 Å². The predicted molar refractivity (Wildman–Crippen MR) is 122 cm³/mol. The molecule has 2 heterocycles. The summed E-state index contributed by atoms with van der Waals surface area (Å²) in [6.45, 7) is 4.04. The lowest BCUT2D eigenvalue weighted by molar-refractivity contribution is -0.190. The van der Waals surface area contributed by atoms with Crippen LogP contribution in [0.3, 0.4) is 0 Å². The molecule has 6 nitrogen and oxygen atoms in total. The predicted octanol–water partition coefficient (Wildman–Crippen LogP) is 4.64. The van der Waals surface area contributed by atoms with E-state index in [1.165, 1.54) is 5.56 Å². The highest BCUT2D eigenvalue weighted by molar-refractivity contribution is 5.97. The van der Waals surface area contributed by atoms with Gasteiger partial charge in [0, 0.05) is 38.6 Å². The number of carbonyl (C=O) groups is 1. The Balaban J connectivity index is 1.48. The average molecular weight is 440 g/mol. The van der Waals surface area contributed by atoms with E-state index in [1.807, 2.05) is 17.9 Å². The van der Waals surface area contributed by atoms with Gasteiger partial charge in [0.2, 0.25) is 0 Å². The lowest BCUT2D eigenvalue weighted by atomic mass is 9.80. The minimum absolute atomic E-state index is 0.0175. The Morgan fingerprint density at radius 2 is 1.84 bits per heavy atom. The first-order valence-corrected chi connectivity index (χ1v) is 11.4. The molecular formula is C26H33NO5. The molecule has 0 bridgehead atoms. The Bertz CT molecular complexity index is 908. The second kappa shape index (κ2) is 9.92. The Morgan fingerprint density at radius 1 is 1.09 bits per heavy atom. The van der Waals surface area contributed by atoms with Gasteiger partial charge >= 0.3 is 0 Å². The van der Waals surface area contributed by atoms with Crippen molar-refractivity contribution in [2.75, 3.05) is 33.9 Å². The second-order valence-corrected chi connectivity index (χ2v) is 8.58. The second-order valence-electron chi connectivity index (χ2n) is 8.58. The maximum Gasteiger partial charge on any atom is 0.257 e. The van der Waals surface area contributed by atoms with Crippen LogP contribution in [0.1, 0.15) is 54.6 Å². The Labute approximate surface area is 190 Å². The molecule has 0 saturated carbocycles. The Hall–Kier alpha value is -2.57. The first-order chi connectivity index (χ1) is 15.6. The van der Waals surface area contributed by atoms with Crippen molar-refractivity contribution in [2.45, 2.75) is 50.4 Å². The van der Waals surface area contributed by atoms with Crippen molar-refractivity contribution in [1.29, 1.82) is 0 Å². The molecule has 1 spiro atoms. The number of rotatable bonds is 6. The number of hydrogen-bond acceptors (Lipinski definition) is 5. The van der Waals surface area contributed by atoms with Gasteiger partial charge in [-0.2, -0.15) is 0 Å². The van der Waals surface area contributed by atoms with E-state index in [0.29, 0.717) is 36.8 Å². The molecule has 2 fully saturated rings. The van der Waals surface area contributed by atoms with Crippen LogP contribution in [-0.4, -0.2) is 56.4 Å². The average Bonchev–Trinajstić information content (AvgIpc) is 2.84. The Kier molecular flexibility index (Phi) is 7.01. The molecule has 0 aliphatic carbocycles. The molecule has 2 saturated heterocycles. The number of likely N-dealkylation sites (tertiary alicyclic amines) is 1. The largest absolute Gasteiger partial charge is 0.497 e. The first kappa shape index (κ1) is 22.6. The van der Waals surface area contributed by atoms with Gasteiger partial charge in [-0.15, -0.1) is 0 Å². The third-order valence-corrected chi connectivity index (χ3v) is 6.64. The Morgan fingerprint density at radius 3 is 2.50 bits per heavy atom. The van der Waals surface area contributed by atoms with E-state index in [1.54, 1.807) is 32.4 Å². The molecule has 2 aliphatic heterocycles. The maximum absolute atomic E-state index is 13.2. The summed E-state index contributed by atoms with van der Waals surface area (Å²) in [5.41, 5.74) is 1.49. The number of hydrogen-bond donors (Lipinski definition) is 0. The number of amides is 1. The van der Waals surface area contributed by atoms with E-state index >= 15 is 0 Å². The van der Waals surface area contributed by atoms with E-state index in [2.05, 4.69) is 24.3 Å². The minimum Gasteiger partial charge on any atom is -0.497 e. The number of carbonyl (C=O) groups excluding carboxylic acids is 1. The maximum atomic E-state index is 13.2. The van der Waals surface area contributed by atoms with Gasteiger partial charge in [0.25, 0.3) is 5.91 Å². The van der Waals surface area contributed by atoms with Crippen molar-refractivity contribution in [3.63, 3.8) is 0 Å². The standard InChI is InChI=1S/C26H33NO5/c1-4-31-21-17-23(19-8-6-5-7-9-19)32-26(18-21)12-14-27(15-13-26)25(28)22-11-10-20(29-2)16-24(22)30-3/h5-11,16,21,23H,4,12-15,17-18H2,1-3H3. The highest BCUT2D eigenvalue weighted by atomic mass is 16.5. The van der Waals surface area contributed by atoms with Crippen LogP contribution in [0.2, 0.25) is 0 Å². The van der Waals surface area contributed by atoms with E-state index in [9.17, 15) is 4.79 Å². The van der Waals surface area contributed by atoms with Crippen LogP contribution in [0.4, 0.5) is 0 Å². The van der Waals surface area contributed by atoms with Crippen molar-refractivity contribution < 1.29 is 23.7 Å². The summed E-state index contributed by atoms with van der Waals surface area (Å²) in [7, 11) is 3.17. The minimum atomic E-state index is -0.265. The summed E-state index contributed by atoms with van der Waals surface area (Å²) in [6, 6.07) is 15.7. The monoisotopic (exact) mass is 439 g/mol. The topological polar surface area (TPSA) is 57.2 Å². The molecule has 32 heavy (non-hydrogen) atoms. The molecule has 2 atom stereocenters. The van der Waals surface area contributed by atoms with Gasteiger partial charge in [0.1, 0.15) is 11.5 Å². The van der Waals surface area contributed by atoms with Gasteiger partial charge in [-0.3, -0.25) is 4.79 Å². The summed E-state index contributed by atoms with van der Waals surface area (Å²) in [6.07, 6.45) is 3.52. The van der Waals surface area contributed by atoms with Crippen LogP contribution in [0, 0.1) is 0 Å². The van der Waals surface area contributed by atoms with Crippen LogP contribution in [0.5, 0.6) is 11.5 Å². The van der Waals surface area contributed by atoms with Gasteiger partial charge in [0.05, 0.1) is 37.6 Å². The van der Waals surface area contributed by atoms with Gasteiger partial charge < -0.3 is 23.8 Å². The molecule has 172 valence electrons. The lowest BCUT2D eigenvalue weighted by Crippen LogP contribution is -2.52. The highest BCUT2D eigenvalue weighted by Crippen LogP contribution is 2.44. The van der Waals surface area contributed by atoms with Crippen molar-refractivity contribution in [1.82, 2.24) is 4.90 Å². The van der Waals surface area contributed by atoms with E-state index in [-0.39, 0.29) is 23.7 Å². The van der Waals surface area contributed by atoms with E-state index < -0.39 is 0 Å². The molecule has 0 radical (unpaired) electrons. The third-order valence-electron chi connectivity index (χ3n) is 6.64. The smallest absolute Gasteiger partial charge is 0.257 e. The third kappa shape index (κ3) is 4.76. The van der Waals surface area contributed by atoms with Gasteiger partial charge in [-0.1, -0.05) is 30.3 Å². The zero-order chi connectivity index (χ0) is 22.6. The molecule has 2 unspecified atom stereocenters. The summed E-state index contributed by atoms with van der Waals surface area (Å²) < 4.78 is 23.5. The fourth-order valence-electron chi connectivity index (χ4n) is 4.95. The number of piperidine rings is 1. The first-order valence-electron chi connectivity index (χ1n) is 11.4. The lowest BCUT2D eigenvalue weighted by Gasteiger charge is -2.48. The molecule has 1 amide bonds. The van der Waals surface area contributed by atoms with Crippen molar-refractivity contribution in [3.8, 4) is 11.5 Å². The zero-order valence-corrected chi connectivity index (χ0v) is 19.2. The summed E-state index contributed by atoms with van der Waals surface area (Å²) >= 11 is 0. The fraction of sp³-hybridized carbons (Fsp3) is 0.500. The summed E-state index contributed by atoms with van der Waals surface area (Å²) in [5, 5.41) is 0. The molecule has 4 rings (SSSR count). The molecule has 2 aromatic rings. The van der Waals surface area contributed by atoms with Gasteiger partial charge in [-0.25, -0.2) is 0 Å². The SMILES string of the molecule is CCOC1CC(c2ccccc2)OC2(CCN(C(=O)c3ccc(OC)cc3OC)CC2)C1. The summed E-state index contributed by atoms with van der Waals surface area (Å²) in [5.74, 6) is 1.18. The fourth-order valence-corrected chi connectivity index (χ4v) is 4.95. The van der Waals surface area contributed by atoms with Gasteiger partial charge in [-0.05, 0) is 37.5 Å².